The second kappa shape index (κ2) is 5.92. The Morgan fingerprint density at radius 1 is 1.10 bits per heavy atom. The van der Waals surface area contributed by atoms with Gasteiger partial charge in [-0.1, -0.05) is 0 Å². The Balaban J connectivity index is 2.28. The summed E-state index contributed by atoms with van der Waals surface area (Å²) < 4.78 is 13.2. The lowest BCUT2D eigenvalue weighted by atomic mass is 10.1. The normalized spacial score (nSPS) is 10.2. The topological polar surface area (TPSA) is 86.6 Å². The number of hydrogen-bond acceptors (Lipinski definition) is 3. The van der Waals surface area contributed by atoms with Gasteiger partial charge >= 0.3 is 5.97 Å². The monoisotopic (exact) mass is 353 g/mol. The number of phenolic OH excluding ortho intramolecular Hbond substituents is 1. The molecule has 0 fully saturated rings. The van der Waals surface area contributed by atoms with E-state index in [9.17, 15) is 19.1 Å². The Kier molecular flexibility index (Phi) is 4.23. The van der Waals surface area contributed by atoms with Crippen molar-refractivity contribution < 1.29 is 24.2 Å². The van der Waals surface area contributed by atoms with E-state index in [2.05, 4.69) is 21.2 Å². The van der Waals surface area contributed by atoms with Crippen LogP contribution < -0.4 is 5.32 Å². The molecule has 1 amide bonds. The molecule has 0 radical (unpaired) electrons. The minimum Gasteiger partial charge on any atom is -0.506 e. The second-order valence-electron chi connectivity index (χ2n) is 4.12. The number of phenols is 1. The molecule has 7 heteroatoms. The number of halogens is 2. The molecule has 0 heterocycles. The predicted octanol–water partition coefficient (Wildman–Crippen LogP) is 3.24. The van der Waals surface area contributed by atoms with Crippen molar-refractivity contribution in [1.29, 1.82) is 0 Å². The Hall–Kier alpha value is -2.41. The Morgan fingerprint density at radius 3 is 2.38 bits per heavy atom. The molecule has 0 spiro atoms. The first kappa shape index (κ1) is 15.0. The second-order valence-corrected chi connectivity index (χ2v) is 4.97. The first-order valence-corrected chi connectivity index (χ1v) is 6.50. The van der Waals surface area contributed by atoms with Gasteiger partial charge in [-0.15, -0.1) is 0 Å². The smallest absolute Gasteiger partial charge is 0.335 e. The minimum absolute atomic E-state index is 0.0413. The van der Waals surface area contributed by atoms with Crippen LogP contribution in [0.15, 0.2) is 40.9 Å². The Morgan fingerprint density at radius 2 is 1.76 bits per heavy atom. The zero-order chi connectivity index (χ0) is 15.6. The van der Waals surface area contributed by atoms with E-state index in [0.29, 0.717) is 0 Å². The number of amides is 1. The fourth-order valence-corrected chi connectivity index (χ4v) is 1.98. The summed E-state index contributed by atoms with van der Waals surface area (Å²) in [6.07, 6.45) is 0. The number of carbonyl (C=O) groups excluding carboxylic acids is 1. The van der Waals surface area contributed by atoms with Gasteiger partial charge in [-0.25, -0.2) is 9.18 Å². The standard InChI is InChI=1S/C14H9BrFNO4/c15-9-5-7(1-3-10(9)16)13(19)17-11-6-8(14(20)21)2-4-12(11)18/h1-6,18H,(H,17,19)(H,20,21). The molecular weight excluding hydrogens is 345 g/mol. The van der Waals surface area contributed by atoms with Crippen LogP contribution in [0.2, 0.25) is 0 Å². The fourth-order valence-electron chi connectivity index (χ4n) is 1.60. The first-order valence-electron chi connectivity index (χ1n) is 5.71. The number of nitrogens with one attached hydrogen (secondary N) is 1. The van der Waals surface area contributed by atoms with E-state index in [1.165, 1.54) is 24.3 Å². The van der Waals surface area contributed by atoms with Crippen LogP contribution in [0.1, 0.15) is 20.7 Å². The molecule has 0 bridgehead atoms. The van der Waals surface area contributed by atoms with Gasteiger partial charge < -0.3 is 15.5 Å². The van der Waals surface area contributed by atoms with Gasteiger partial charge in [0.2, 0.25) is 0 Å². The van der Waals surface area contributed by atoms with Gasteiger partial charge in [-0.05, 0) is 52.3 Å². The average molecular weight is 354 g/mol. The molecule has 108 valence electrons. The molecule has 21 heavy (non-hydrogen) atoms. The molecular formula is C14H9BrFNO4. The summed E-state index contributed by atoms with van der Waals surface area (Å²) >= 11 is 2.96. The largest absolute Gasteiger partial charge is 0.506 e. The van der Waals surface area contributed by atoms with E-state index in [1.807, 2.05) is 0 Å². The number of hydrogen-bond donors (Lipinski definition) is 3. The lowest BCUT2D eigenvalue weighted by Gasteiger charge is -2.08. The van der Waals surface area contributed by atoms with Crippen molar-refractivity contribution in [2.24, 2.45) is 0 Å². The third kappa shape index (κ3) is 3.38. The highest BCUT2D eigenvalue weighted by molar-refractivity contribution is 9.10. The van der Waals surface area contributed by atoms with Crippen molar-refractivity contribution in [3.63, 3.8) is 0 Å². The Labute approximate surface area is 127 Å². The van der Waals surface area contributed by atoms with E-state index < -0.39 is 17.7 Å². The van der Waals surface area contributed by atoms with E-state index >= 15 is 0 Å². The van der Waals surface area contributed by atoms with Crippen LogP contribution in [-0.2, 0) is 0 Å². The number of carboxylic acids is 1. The predicted molar refractivity (Wildman–Crippen MR) is 77.1 cm³/mol. The average Bonchev–Trinajstić information content (AvgIpc) is 2.43. The highest BCUT2D eigenvalue weighted by atomic mass is 79.9. The number of anilines is 1. The summed E-state index contributed by atoms with van der Waals surface area (Å²) in [5, 5.41) is 20.9. The fraction of sp³-hybridized carbons (Fsp3) is 0. The first-order chi connectivity index (χ1) is 9.88. The van der Waals surface area contributed by atoms with Crippen molar-refractivity contribution in [3.05, 3.63) is 57.8 Å². The molecule has 2 aromatic rings. The molecule has 0 aromatic heterocycles. The molecule has 0 aliphatic rings. The van der Waals surface area contributed by atoms with Crippen LogP contribution >= 0.6 is 15.9 Å². The molecule has 0 aliphatic carbocycles. The molecule has 5 nitrogen and oxygen atoms in total. The van der Waals surface area contributed by atoms with Crippen molar-refractivity contribution in [2.45, 2.75) is 0 Å². The van der Waals surface area contributed by atoms with Gasteiger partial charge in [0.25, 0.3) is 5.91 Å². The SMILES string of the molecule is O=C(O)c1ccc(O)c(NC(=O)c2ccc(F)c(Br)c2)c1. The summed E-state index contributed by atoms with van der Waals surface area (Å²) in [6, 6.07) is 7.18. The molecule has 2 aromatic carbocycles. The molecule has 0 saturated carbocycles. The lowest BCUT2D eigenvalue weighted by molar-refractivity contribution is 0.0696. The van der Waals surface area contributed by atoms with Crippen LogP contribution in [0.25, 0.3) is 0 Å². The van der Waals surface area contributed by atoms with Crippen molar-refractivity contribution in [1.82, 2.24) is 0 Å². The molecule has 3 N–H and O–H groups in total. The molecule has 2 rings (SSSR count). The molecule has 0 aliphatic heterocycles. The van der Waals surface area contributed by atoms with Crippen molar-refractivity contribution in [3.8, 4) is 5.75 Å². The number of carboxylic acid groups (broad SMARTS) is 1. The molecule has 0 atom stereocenters. The number of aromatic hydroxyl groups is 1. The summed E-state index contributed by atoms with van der Waals surface area (Å²) in [4.78, 5) is 22.9. The third-order valence-corrected chi connectivity index (χ3v) is 3.28. The van der Waals surface area contributed by atoms with Gasteiger partial charge in [-0.3, -0.25) is 4.79 Å². The van der Waals surface area contributed by atoms with Crippen LogP contribution in [0.3, 0.4) is 0 Å². The number of aromatic carboxylic acids is 1. The third-order valence-electron chi connectivity index (χ3n) is 2.67. The number of rotatable bonds is 3. The van der Waals surface area contributed by atoms with Crippen LogP contribution in [0.4, 0.5) is 10.1 Å². The van der Waals surface area contributed by atoms with Gasteiger partial charge in [0.15, 0.2) is 0 Å². The Bertz CT molecular complexity index is 733. The summed E-state index contributed by atoms with van der Waals surface area (Å²) in [5.74, 6) is -2.57. The molecule has 0 saturated heterocycles. The van der Waals surface area contributed by atoms with E-state index in [-0.39, 0.29) is 27.0 Å². The minimum atomic E-state index is -1.19. The maximum Gasteiger partial charge on any atom is 0.335 e. The zero-order valence-corrected chi connectivity index (χ0v) is 12.0. The highest BCUT2D eigenvalue weighted by Gasteiger charge is 2.13. The maximum absolute atomic E-state index is 13.1. The summed E-state index contributed by atoms with van der Waals surface area (Å²) in [5.41, 5.74) is 0.0344. The van der Waals surface area contributed by atoms with E-state index in [0.717, 1.165) is 12.1 Å². The quantitative estimate of drug-likeness (QED) is 0.739. The zero-order valence-electron chi connectivity index (χ0n) is 10.4. The maximum atomic E-state index is 13.1. The van der Waals surface area contributed by atoms with Crippen LogP contribution in [0.5, 0.6) is 5.75 Å². The number of benzene rings is 2. The van der Waals surface area contributed by atoms with Crippen LogP contribution in [-0.4, -0.2) is 22.1 Å². The van der Waals surface area contributed by atoms with Crippen molar-refractivity contribution in [2.75, 3.05) is 5.32 Å². The van der Waals surface area contributed by atoms with E-state index in [1.54, 1.807) is 0 Å². The van der Waals surface area contributed by atoms with Gasteiger partial charge in [-0.2, -0.15) is 0 Å². The van der Waals surface area contributed by atoms with Crippen LogP contribution in [0, 0.1) is 5.82 Å². The van der Waals surface area contributed by atoms with Gasteiger partial charge in [0.1, 0.15) is 11.6 Å². The van der Waals surface area contributed by atoms with Gasteiger partial charge in [0.05, 0.1) is 15.7 Å². The summed E-state index contributed by atoms with van der Waals surface area (Å²) in [7, 11) is 0. The van der Waals surface area contributed by atoms with Crippen molar-refractivity contribution >= 4 is 33.5 Å². The highest BCUT2D eigenvalue weighted by Crippen LogP contribution is 2.25. The summed E-state index contributed by atoms with van der Waals surface area (Å²) in [6.45, 7) is 0. The lowest BCUT2D eigenvalue weighted by Crippen LogP contribution is -2.12. The van der Waals surface area contributed by atoms with Gasteiger partial charge in [0, 0.05) is 5.56 Å². The van der Waals surface area contributed by atoms with E-state index in [4.69, 9.17) is 5.11 Å². The molecule has 0 unspecified atom stereocenters. The number of carbonyl (C=O) groups is 2.